The van der Waals surface area contributed by atoms with Crippen LogP contribution in [0.5, 0.6) is 5.75 Å². The highest BCUT2D eigenvalue weighted by Crippen LogP contribution is 2.28. The van der Waals surface area contributed by atoms with Gasteiger partial charge in [-0.25, -0.2) is 4.39 Å². The van der Waals surface area contributed by atoms with Crippen molar-refractivity contribution in [3.63, 3.8) is 0 Å². The van der Waals surface area contributed by atoms with Crippen LogP contribution in [0.1, 0.15) is 12.5 Å². The number of ether oxygens (including phenoxy) is 1. The van der Waals surface area contributed by atoms with Crippen LogP contribution < -0.4 is 15.4 Å². The van der Waals surface area contributed by atoms with Crippen molar-refractivity contribution in [2.45, 2.75) is 13.5 Å². The molecule has 0 unspecified atom stereocenters. The first-order valence-corrected chi connectivity index (χ1v) is 10.4. The Morgan fingerprint density at radius 1 is 1.06 bits per heavy atom. The van der Waals surface area contributed by atoms with Crippen LogP contribution in [0.25, 0.3) is 0 Å². The summed E-state index contributed by atoms with van der Waals surface area (Å²) in [4.78, 5) is 28.1. The number of piperazine rings is 1. The number of nitrogens with one attached hydrogen (secondary N) is 2. The third kappa shape index (κ3) is 6.65. The van der Waals surface area contributed by atoms with Gasteiger partial charge in [-0.15, -0.1) is 0 Å². The average Bonchev–Trinajstić information content (AvgIpc) is 2.71. The molecule has 0 atom stereocenters. The lowest BCUT2D eigenvalue weighted by atomic mass is 10.2. The summed E-state index contributed by atoms with van der Waals surface area (Å²) in [7, 11) is 1.52. The minimum absolute atomic E-state index is 0.159. The van der Waals surface area contributed by atoms with Gasteiger partial charge in [0.1, 0.15) is 11.6 Å². The predicted octanol–water partition coefficient (Wildman–Crippen LogP) is 3.20. The molecule has 0 radical (unpaired) electrons. The Hall–Kier alpha value is -2.68. The van der Waals surface area contributed by atoms with E-state index < -0.39 is 0 Å². The number of nitrogens with zero attached hydrogens (tertiary/aromatic N) is 2. The van der Waals surface area contributed by atoms with Gasteiger partial charge in [0, 0.05) is 50.4 Å². The Labute approximate surface area is 186 Å². The van der Waals surface area contributed by atoms with Gasteiger partial charge in [0.25, 0.3) is 0 Å². The summed E-state index contributed by atoms with van der Waals surface area (Å²) in [5.74, 6) is -0.178. The van der Waals surface area contributed by atoms with Crippen molar-refractivity contribution in [2.75, 3.05) is 50.5 Å². The second-order valence-electron chi connectivity index (χ2n) is 7.43. The first-order chi connectivity index (χ1) is 14.8. The second kappa shape index (κ2) is 10.6. The van der Waals surface area contributed by atoms with Crippen molar-refractivity contribution in [2.24, 2.45) is 0 Å². The summed E-state index contributed by atoms with van der Waals surface area (Å²) in [6.45, 7) is 5.34. The normalized spacial score (nSPS) is 14.8. The number of carbonyl (C=O) groups is 2. The number of anilines is 2. The van der Waals surface area contributed by atoms with Gasteiger partial charge in [0.2, 0.25) is 11.8 Å². The Bertz CT molecular complexity index is 948. The minimum Gasteiger partial charge on any atom is -0.495 e. The monoisotopic (exact) mass is 448 g/mol. The number of hydrogen-bond acceptors (Lipinski definition) is 5. The molecule has 1 saturated heterocycles. The first kappa shape index (κ1) is 23.0. The molecule has 1 heterocycles. The molecule has 2 aromatic carbocycles. The molecule has 0 bridgehead atoms. The van der Waals surface area contributed by atoms with Gasteiger partial charge in [0.05, 0.1) is 19.3 Å². The van der Waals surface area contributed by atoms with E-state index in [1.807, 2.05) is 0 Å². The molecule has 9 heteroatoms. The molecule has 3 rings (SSSR count). The van der Waals surface area contributed by atoms with Crippen molar-refractivity contribution >= 4 is 34.8 Å². The maximum Gasteiger partial charge on any atom is 0.238 e. The smallest absolute Gasteiger partial charge is 0.238 e. The van der Waals surface area contributed by atoms with E-state index in [1.54, 1.807) is 24.3 Å². The number of halogens is 2. The molecule has 1 aliphatic heterocycles. The lowest BCUT2D eigenvalue weighted by molar-refractivity contribution is -0.117. The maximum atomic E-state index is 13.2. The van der Waals surface area contributed by atoms with Crippen molar-refractivity contribution in [3.8, 4) is 5.75 Å². The van der Waals surface area contributed by atoms with E-state index in [9.17, 15) is 14.0 Å². The van der Waals surface area contributed by atoms with E-state index in [1.165, 1.54) is 26.2 Å². The number of amides is 2. The van der Waals surface area contributed by atoms with Gasteiger partial charge in [-0.05, 0) is 35.9 Å². The third-order valence-corrected chi connectivity index (χ3v) is 5.39. The van der Waals surface area contributed by atoms with Gasteiger partial charge in [-0.3, -0.25) is 19.4 Å². The molecule has 7 nitrogen and oxygen atoms in total. The summed E-state index contributed by atoms with van der Waals surface area (Å²) in [5, 5.41) is 5.98. The maximum absolute atomic E-state index is 13.2. The molecule has 2 N–H and O–H groups in total. The van der Waals surface area contributed by atoms with E-state index in [2.05, 4.69) is 20.4 Å². The van der Waals surface area contributed by atoms with Crippen molar-refractivity contribution in [1.82, 2.24) is 9.80 Å². The first-order valence-electron chi connectivity index (χ1n) is 9.98. The summed E-state index contributed by atoms with van der Waals surface area (Å²) in [5.41, 5.74) is 1.97. The zero-order chi connectivity index (χ0) is 22.4. The van der Waals surface area contributed by atoms with E-state index in [0.29, 0.717) is 28.7 Å². The molecular formula is C22H26ClFN4O3. The van der Waals surface area contributed by atoms with Crippen LogP contribution in [-0.2, 0) is 16.1 Å². The number of carbonyl (C=O) groups excluding carboxylic acids is 2. The molecule has 0 aromatic heterocycles. The Balaban J connectivity index is 1.51. The van der Waals surface area contributed by atoms with E-state index in [0.717, 1.165) is 31.7 Å². The standard InChI is InChI=1S/C22H26ClFN4O3/c1-15(29)25-18-5-6-21(31-2)20(12-18)26-22(30)14-28-9-7-27(8-10-28)13-16-3-4-17(24)11-19(16)23/h3-6,11-12H,7-10,13-14H2,1-2H3,(H,25,29)(H,26,30). The van der Waals surface area contributed by atoms with Crippen LogP contribution >= 0.6 is 11.6 Å². The summed E-state index contributed by atoms with van der Waals surface area (Å²) < 4.78 is 18.5. The Morgan fingerprint density at radius 2 is 1.77 bits per heavy atom. The molecule has 0 spiro atoms. The number of methoxy groups -OCH3 is 1. The predicted molar refractivity (Wildman–Crippen MR) is 119 cm³/mol. The van der Waals surface area contributed by atoms with E-state index in [-0.39, 0.29) is 24.2 Å². The molecule has 0 aliphatic carbocycles. The number of rotatable bonds is 7. The van der Waals surface area contributed by atoms with E-state index >= 15 is 0 Å². The Morgan fingerprint density at radius 3 is 2.42 bits per heavy atom. The van der Waals surface area contributed by atoms with Gasteiger partial charge >= 0.3 is 0 Å². The largest absolute Gasteiger partial charge is 0.495 e. The third-order valence-electron chi connectivity index (χ3n) is 5.04. The summed E-state index contributed by atoms with van der Waals surface area (Å²) in [6.07, 6.45) is 0. The fraction of sp³-hybridized carbons (Fsp3) is 0.364. The molecular weight excluding hydrogens is 423 g/mol. The molecule has 1 fully saturated rings. The highest BCUT2D eigenvalue weighted by atomic mass is 35.5. The second-order valence-corrected chi connectivity index (χ2v) is 7.84. The van der Waals surface area contributed by atoms with Crippen molar-refractivity contribution < 1.29 is 18.7 Å². The highest BCUT2D eigenvalue weighted by molar-refractivity contribution is 6.31. The van der Waals surface area contributed by atoms with Crippen LogP contribution in [0.4, 0.5) is 15.8 Å². The van der Waals surface area contributed by atoms with Gasteiger partial charge < -0.3 is 15.4 Å². The van der Waals surface area contributed by atoms with Crippen molar-refractivity contribution in [1.29, 1.82) is 0 Å². The van der Waals surface area contributed by atoms with Crippen molar-refractivity contribution in [3.05, 3.63) is 52.8 Å². The van der Waals surface area contributed by atoms with Crippen LogP contribution in [0.3, 0.4) is 0 Å². The lowest BCUT2D eigenvalue weighted by Crippen LogP contribution is -2.48. The van der Waals surface area contributed by atoms with E-state index in [4.69, 9.17) is 16.3 Å². The molecule has 166 valence electrons. The van der Waals surface area contributed by atoms with Crippen LogP contribution in [0.15, 0.2) is 36.4 Å². The summed E-state index contributed by atoms with van der Waals surface area (Å²) in [6, 6.07) is 9.52. The minimum atomic E-state index is -0.344. The SMILES string of the molecule is COc1ccc(NC(C)=O)cc1NC(=O)CN1CCN(Cc2ccc(F)cc2Cl)CC1. The Kier molecular flexibility index (Phi) is 7.84. The molecule has 1 aliphatic rings. The zero-order valence-corrected chi connectivity index (χ0v) is 18.3. The molecule has 31 heavy (non-hydrogen) atoms. The number of hydrogen-bond donors (Lipinski definition) is 2. The van der Waals surface area contributed by atoms with Crippen LogP contribution in [0, 0.1) is 5.82 Å². The quantitative estimate of drug-likeness (QED) is 0.680. The van der Waals surface area contributed by atoms with Gasteiger partial charge in [0.15, 0.2) is 0 Å². The van der Waals surface area contributed by atoms with Gasteiger partial charge in [-0.1, -0.05) is 17.7 Å². The molecule has 2 aromatic rings. The zero-order valence-electron chi connectivity index (χ0n) is 17.6. The fourth-order valence-corrected chi connectivity index (χ4v) is 3.70. The average molecular weight is 449 g/mol. The van der Waals surface area contributed by atoms with Crippen LogP contribution in [0.2, 0.25) is 5.02 Å². The topological polar surface area (TPSA) is 73.9 Å². The molecule has 0 saturated carbocycles. The molecule has 2 amide bonds. The van der Waals surface area contributed by atoms with Gasteiger partial charge in [-0.2, -0.15) is 0 Å². The fourth-order valence-electron chi connectivity index (χ4n) is 3.48. The van der Waals surface area contributed by atoms with Crippen LogP contribution in [-0.4, -0.2) is 61.4 Å². The summed E-state index contributed by atoms with van der Waals surface area (Å²) >= 11 is 6.12. The highest BCUT2D eigenvalue weighted by Gasteiger charge is 2.20. The lowest BCUT2D eigenvalue weighted by Gasteiger charge is -2.34. The number of benzene rings is 2.